The topological polar surface area (TPSA) is 70.6 Å². The summed E-state index contributed by atoms with van der Waals surface area (Å²) in [5.74, 6) is -1.62. The molecule has 0 aliphatic heterocycles. The van der Waals surface area contributed by atoms with Gasteiger partial charge < -0.3 is 5.32 Å². The van der Waals surface area contributed by atoms with Crippen LogP contribution in [-0.2, 0) is 9.59 Å². The molecule has 23 heavy (non-hydrogen) atoms. The van der Waals surface area contributed by atoms with Crippen molar-refractivity contribution in [1.82, 2.24) is 5.43 Å². The molecule has 0 unspecified atom stereocenters. The van der Waals surface area contributed by atoms with Gasteiger partial charge in [-0.1, -0.05) is 52.3 Å². The Morgan fingerprint density at radius 2 is 1.65 bits per heavy atom. The second kappa shape index (κ2) is 8.65. The maximum Gasteiger partial charge on any atom is 0.329 e. The van der Waals surface area contributed by atoms with Crippen molar-refractivity contribution in [2.24, 2.45) is 5.10 Å². The van der Waals surface area contributed by atoms with E-state index in [0.29, 0.717) is 5.69 Å². The van der Waals surface area contributed by atoms with Gasteiger partial charge in [0.1, 0.15) is 0 Å². The van der Waals surface area contributed by atoms with Crippen LogP contribution in [0.2, 0.25) is 0 Å². The zero-order valence-electron chi connectivity index (χ0n) is 12.1. The van der Waals surface area contributed by atoms with Gasteiger partial charge in [0.05, 0.1) is 0 Å². The molecule has 0 aromatic heterocycles. The van der Waals surface area contributed by atoms with Gasteiger partial charge in [-0.2, -0.15) is 5.10 Å². The molecule has 6 heteroatoms. The molecule has 0 heterocycles. The predicted octanol–water partition coefficient (Wildman–Crippen LogP) is 3.20. The third kappa shape index (κ3) is 5.88. The summed E-state index contributed by atoms with van der Waals surface area (Å²) in [7, 11) is 0. The van der Waals surface area contributed by atoms with E-state index >= 15 is 0 Å². The second-order valence-corrected chi connectivity index (χ2v) is 5.37. The van der Waals surface area contributed by atoms with Gasteiger partial charge in [0, 0.05) is 16.4 Å². The molecule has 2 aromatic carbocycles. The molecule has 0 saturated heterocycles. The van der Waals surface area contributed by atoms with E-state index in [-0.39, 0.29) is 0 Å². The van der Waals surface area contributed by atoms with E-state index in [0.717, 1.165) is 10.0 Å². The van der Waals surface area contributed by atoms with Crippen molar-refractivity contribution < 1.29 is 9.59 Å². The Balaban J connectivity index is 1.79. The average Bonchev–Trinajstić information content (AvgIpc) is 2.57. The fourth-order valence-electron chi connectivity index (χ4n) is 1.63. The number of hydrogen-bond donors (Lipinski definition) is 2. The van der Waals surface area contributed by atoms with Gasteiger partial charge in [0.25, 0.3) is 0 Å². The minimum Gasteiger partial charge on any atom is -0.318 e. The third-order valence-electron chi connectivity index (χ3n) is 2.72. The van der Waals surface area contributed by atoms with E-state index in [1.165, 1.54) is 6.21 Å². The summed E-state index contributed by atoms with van der Waals surface area (Å²) >= 11 is 3.29. The van der Waals surface area contributed by atoms with Gasteiger partial charge >= 0.3 is 11.8 Å². The standard InChI is InChI=1S/C17H14BrN3O2/c18-14-8-10-15(11-9-14)20-16(22)17(23)21-19-12-4-7-13-5-2-1-3-6-13/h1-12H,(H,20,22)(H,21,23)/b7-4+,19-12+. The van der Waals surface area contributed by atoms with Gasteiger partial charge in [-0.25, -0.2) is 5.43 Å². The highest BCUT2D eigenvalue weighted by Crippen LogP contribution is 2.13. The normalized spacial score (nSPS) is 10.8. The fourth-order valence-corrected chi connectivity index (χ4v) is 1.89. The lowest BCUT2D eigenvalue weighted by atomic mass is 10.2. The number of carbonyl (C=O) groups excluding carboxylic acids is 2. The summed E-state index contributed by atoms with van der Waals surface area (Å²) in [6, 6.07) is 16.5. The van der Waals surface area contributed by atoms with Gasteiger partial charge in [0.2, 0.25) is 0 Å². The summed E-state index contributed by atoms with van der Waals surface area (Å²) in [6.07, 6.45) is 4.90. The van der Waals surface area contributed by atoms with E-state index in [4.69, 9.17) is 0 Å². The molecule has 2 aromatic rings. The van der Waals surface area contributed by atoms with Crippen LogP contribution < -0.4 is 10.7 Å². The Bertz CT molecular complexity index is 725. The molecule has 0 radical (unpaired) electrons. The summed E-state index contributed by atoms with van der Waals surface area (Å²) in [5.41, 5.74) is 3.70. The van der Waals surface area contributed by atoms with Crippen LogP contribution in [0.1, 0.15) is 5.56 Å². The van der Waals surface area contributed by atoms with Crippen LogP contribution in [0.3, 0.4) is 0 Å². The highest BCUT2D eigenvalue weighted by molar-refractivity contribution is 9.10. The van der Waals surface area contributed by atoms with Gasteiger partial charge in [-0.05, 0) is 35.9 Å². The number of amides is 2. The molecular formula is C17H14BrN3O2. The van der Waals surface area contributed by atoms with Crippen molar-refractivity contribution in [2.75, 3.05) is 5.32 Å². The van der Waals surface area contributed by atoms with Crippen LogP contribution >= 0.6 is 15.9 Å². The van der Waals surface area contributed by atoms with E-state index in [2.05, 4.69) is 31.8 Å². The van der Waals surface area contributed by atoms with Crippen molar-refractivity contribution in [3.8, 4) is 0 Å². The quantitative estimate of drug-likeness (QED) is 0.492. The van der Waals surface area contributed by atoms with Crippen LogP contribution in [0.15, 0.2) is 70.2 Å². The van der Waals surface area contributed by atoms with Crippen molar-refractivity contribution >= 4 is 45.7 Å². The van der Waals surface area contributed by atoms with E-state index in [1.807, 2.05) is 36.4 Å². The first kappa shape index (κ1) is 16.6. The molecular weight excluding hydrogens is 358 g/mol. The zero-order chi connectivity index (χ0) is 16.5. The molecule has 2 N–H and O–H groups in total. The minimum absolute atomic E-state index is 0.529. The molecule has 0 atom stereocenters. The minimum atomic E-state index is -0.836. The SMILES string of the molecule is O=C(N/N=C/C=C/c1ccccc1)C(=O)Nc1ccc(Br)cc1. The summed E-state index contributed by atoms with van der Waals surface area (Å²) in [4.78, 5) is 23.2. The number of halogens is 1. The number of nitrogens with zero attached hydrogens (tertiary/aromatic N) is 1. The third-order valence-corrected chi connectivity index (χ3v) is 3.25. The number of carbonyl (C=O) groups is 2. The maximum atomic E-state index is 11.7. The van der Waals surface area contributed by atoms with Gasteiger partial charge in [-0.15, -0.1) is 0 Å². The number of benzene rings is 2. The summed E-state index contributed by atoms with van der Waals surface area (Å²) < 4.78 is 0.884. The Hall–Kier alpha value is -2.73. The molecule has 0 saturated carbocycles. The van der Waals surface area contributed by atoms with Gasteiger partial charge in [0.15, 0.2) is 0 Å². The lowest BCUT2D eigenvalue weighted by Crippen LogP contribution is -2.32. The van der Waals surface area contributed by atoms with Crippen LogP contribution in [0, 0.1) is 0 Å². The predicted molar refractivity (Wildman–Crippen MR) is 94.9 cm³/mol. The first-order valence-electron chi connectivity index (χ1n) is 6.77. The number of nitrogens with one attached hydrogen (secondary N) is 2. The van der Waals surface area contributed by atoms with Gasteiger partial charge in [-0.3, -0.25) is 9.59 Å². The van der Waals surface area contributed by atoms with Crippen LogP contribution in [-0.4, -0.2) is 18.0 Å². The number of hydrogen-bond acceptors (Lipinski definition) is 3. The Kier molecular flexibility index (Phi) is 6.26. The molecule has 2 amide bonds. The number of hydrazone groups is 1. The van der Waals surface area contributed by atoms with E-state index < -0.39 is 11.8 Å². The zero-order valence-corrected chi connectivity index (χ0v) is 13.7. The number of anilines is 1. The molecule has 0 bridgehead atoms. The van der Waals surface area contributed by atoms with Crippen LogP contribution in [0.4, 0.5) is 5.69 Å². The monoisotopic (exact) mass is 371 g/mol. The smallest absolute Gasteiger partial charge is 0.318 e. The molecule has 0 spiro atoms. The lowest BCUT2D eigenvalue weighted by molar-refractivity contribution is -0.136. The van der Waals surface area contributed by atoms with Crippen molar-refractivity contribution in [1.29, 1.82) is 0 Å². The Morgan fingerprint density at radius 1 is 0.957 bits per heavy atom. The Labute approximate surface area is 142 Å². The molecule has 116 valence electrons. The number of rotatable bonds is 4. The molecule has 5 nitrogen and oxygen atoms in total. The summed E-state index contributed by atoms with van der Waals surface area (Å²) in [5, 5.41) is 6.16. The van der Waals surface area contributed by atoms with Crippen LogP contribution in [0.5, 0.6) is 0 Å². The van der Waals surface area contributed by atoms with E-state index in [9.17, 15) is 9.59 Å². The van der Waals surface area contributed by atoms with Crippen LogP contribution in [0.25, 0.3) is 6.08 Å². The first-order chi connectivity index (χ1) is 11.1. The maximum absolute atomic E-state index is 11.7. The van der Waals surface area contributed by atoms with Crippen molar-refractivity contribution in [2.45, 2.75) is 0 Å². The van der Waals surface area contributed by atoms with Crippen molar-refractivity contribution in [3.05, 3.63) is 70.7 Å². The Morgan fingerprint density at radius 3 is 2.35 bits per heavy atom. The highest BCUT2D eigenvalue weighted by Gasteiger charge is 2.12. The molecule has 0 aliphatic rings. The highest BCUT2D eigenvalue weighted by atomic mass is 79.9. The average molecular weight is 372 g/mol. The number of allylic oxidation sites excluding steroid dienone is 1. The lowest BCUT2D eigenvalue weighted by Gasteiger charge is -2.03. The van der Waals surface area contributed by atoms with Crippen molar-refractivity contribution in [3.63, 3.8) is 0 Å². The summed E-state index contributed by atoms with van der Waals surface area (Å²) in [6.45, 7) is 0. The fraction of sp³-hybridized carbons (Fsp3) is 0. The second-order valence-electron chi connectivity index (χ2n) is 4.45. The first-order valence-corrected chi connectivity index (χ1v) is 7.56. The largest absolute Gasteiger partial charge is 0.329 e. The molecule has 2 rings (SSSR count). The molecule has 0 aliphatic carbocycles. The molecule has 0 fully saturated rings. The van der Waals surface area contributed by atoms with E-state index in [1.54, 1.807) is 30.3 Å².